The predicted octanol–water partition coefficient (Wildman–Crippen LogP) is 2.55. The molecule has 0 unspecified atom stereocenters. The minimum Gasteiger partial charge on any atom is -0.399 e. The standard InChI is InChI=1S/C8H9NOS2/c9-7-3-1-2-6(4-7)5-12-8(10)11/h1-4H,5,9H2,(H,10,11). The van der Waals surface area contributed by atoms with Crippen molar-refractivity contribution in [3.8, 4) is 0 Å². The number of nitrogens with two attached hydrogens (primary N) is 1. The van der Waals surface area contributed by atoms with E-state index in [4.69, 9.17) is 5.73 Å². The van der Waals surface area contributed by atoms with Crippen molar-refractivity contribution in [1.29, 1.82) is 0 Å². The minimum atomic E-state index is -0.169. The zero-order chi connectivity index (χ0) is 8.97. The number of hydrogen-bond donors (Lipinski definition) is 2. The molecule has 0 heterocycles. The summed E-state index contributed by atoms with van der Waals surface area (Å²) in [6.07, 6.45) is 0. The number of hydrogen-bond acceptors (Lipinski definition) is 3. The van der Waals surface area contributed by atoms with Gasteiger partial charge in [0.1, 0.15) is 0 Å². The summed E-state index contributed by atoms with van der Waals surface area (Å²) in [6, 6.07) is 7.47. The Bertz CT molecular complexity index is 288. The summed E-state index contributed by atoms with van der Waals surface area (Å²) in [5.74, 6) is 0.632. The van der Waals surface area contributed by atoms with Crippen LogP contribution in [-0.4, -0.2) is 4.45 Å². The number of rotatable bonds is 2. The molecule has 0 radical (unpaired) electrons. The number of carbonyl (C=O) groups excluding carboxylic acids is 1. The number of benzene rings is 1. The molecule has 0 aliphatic carbocycles. The Kier molecular flexibility index (Phi) is 3.49. The van der Waals surface area contributed by atoms with E-state index < -0.39 is 0 Å². The van der Waals surface area contributed by atoms with E-state index in [-0.39, 0.29) is 4.45 Å². The summed E-state index contributed by atoms with van der Waals surface area (Å²) in [7, 11) is 0. The number of thiol groups is 1. The van der Waals surface area contributed by atoms with Gasteiger partial charge in [-0.1, -0.05) is 36.5 Å². The zero-order valence-corrected chi connectivity index (χ0v) is 8.07. The number of anilines is 1. The molecule has 0 saturated heterocycles. The third-order valence-corrected chi connectivity index (χ3v) is 2.43. The van der Waals surface area contributed by atoms with E-state index in [0.29, 0.717) is 5.75 Å². The van der Waals surface area contributed by atoms with Crippen LogP contribution < -0.4 is 5.73 Å². The number of thioether (sulfide) groups is 1. The first kappa shape index (κ1) is 9.48. The molecule has 0 aliphatic heterocycles. The van der Waals surface area contributed by atoms with Crippen LogP contribution in [0.3, 0.4) is 0 Å². The Morgan fingerprint density at radius 2 is 2.33 bits per heavy atom. The average molecular weight is 199 g/mol. The van der Waals surface area contributed by atoms with Crippen molar-refractivity contribution in [1.82, 2.24) is 0 Å². The molecular formula is C8H9NOS2. The van der Waals surface area contributed by atoms with Crippen molar-refractivity contribution in [2.24, 2.45) is 0 Å². The highest BCUT2D eigenvalue weighted by atomic mass is 32.2. The molecule has 0 aromatic heterocycles. The van der Waals surface area contributed by atoms with Crippen molar-refractivity contribution in [3.05, 3.63) is 29.8 Å². The van der Waals surface area contributed by atoms with Crippen LogP contribution in [0.15, 0.2) is 24.3 Å². The lowest BCUT2D eigenvalue weighted by molar-refractivity contribution is 0.277. The molecule has 0 atom stereocenters. The quantitative estimate of drug-likeness (QED) is 0.568. The van der Waals surface area contributed by atoms with Crippen LogP contribution in [0.25, 0.3) is 0 Å². The highest BCUT2D eigenvalue weighted by Crippen LogP contribution is 2.16. The third kappa shape index (κ3) is 3.19. The molecular weight excluding hydrogens is 190 g/mol. The second-order valence-electron chi connectivity index (χ2n) is 2.30. The smallest absolute Gasteiger partial charge is 0.243 e. The number of carbonyl (C=O) groups is 1. The maximum absolute atomic E-state index is 10.5. The summed E-state index contributed by atoms with van der Waals surface area (Å²) in [5.41, 5.74) is 7.32. The molecule has 1 rings (SSSR count). The van der Waals surface area contributed by atoms with Gasteiger partial charge < -0.3 is 5.73 Å². The normalized spacial score (nSPS) is 9.75. The van der Waals surface area contributed by atoms with Gasteiger partial charge in [0.15, 0.2) is 0 Å². The Hall–Kier alpha value is -0.610. The van der Waals surface area contributed by atoms with Gasteiger partial charge in [-0.25, -0.2) is 0 Å². The second kappa shape index (κ2) is 4.42. The maximum atomic E-state index is 10.5. The molecule has 0 fully saturated rings. The van der Waals surface area contributed by atoms with Crippen LogP contribution in [0.2, 0.25) is 0 Å². The van der Waals surface area contributed by atoms with E-state index in [9.17, 15) is 4.79 Å². The fraction of sp³-hybridized carbons (Fsp3) is 0.125. The fourth-order valence-corrected chi connectivity index (χ4v) is 1.49. The Morgan fingerprint density at radius 1 is 1.58 bits per heavy atom. The monoisotopic (exact) mass is 199 g/mol. The van der Waals surface area contributed by atoms with E-state index in [0.717, 1.165) is 23.0 Å². The van der Waals surface area contributed by atoms with Crippen LogP contribution in [0.4, 0.5) is 10.5 Å². The van der Waals surface area contributed by atoms with Gasteiger partial charge >= 0.3 is 0 Å². The fourth-order valence-electron chi connectivity index (χ4n) is 0.828. The van der Waals surface area contributed by atoms with Crippen LogP contribution in [0, 0.1) is 0 Å². The summed E-state index contributed by atoms with van der Waals surface area (Å²) >= 11 is 4.81. The average Bonchev–Trinajstić information content (AvgIpc) is 2.01. The molecule has 0 bridgehead atoms. The molecule has 1 aromatic carbocycles. The second-order valence-corrected chi connectivity index (χ2v) is 3.96. The SMILES string of the molecule is Nc1cccc(CSC(=O)S)c1. The van der Waals surface area contributed by atoms with Crippen molar-refractivity contribution in [2.45, 2.75) is 5.75 Å². The first-order chi connectivity index (χ1) is 5.68. The van der Waals surface area contributed by atoms with Gasteiger partial charge in [0.25, 0.3) is 0 Å². The highest BCUT2D eigenvalue weighted by Gasteiger charge is 1.97. The Labute approximate surface area is 80.9 Å². The van der Waals surface area contributed by atoms with Crippen LogP contribution >= 0.6 is 24.4 Å². The molecule has 2 nitrogen and oxygen atoms in total. The van der Waals surface area contributed by atoms with Gasteiger partial charge in [0.05, 0.1) is 0 Å². The van der Waals surface area contributed by atoms with Gasteiger partial charge in [0.2, 0.25) is 4.45 Å². The molecule has 2 N–H and O–H groups in total. The summed E-state index contributed by atoms with van der Waals surface area (Å²) in [6.45, 7) is 0. The number of nitrogen functional groups attached to an aromatic ring is 1. The molecule has 1 aromatic rings. The van der Waals surface area contributed by atoms with E-state index in [2.05, 4.69) is 12.6 Å². The van der Waals surface area contributed by atoms with E-state index in [1.165, 1.54) is 0 Å². The van der Waals surface area contributed by atoms with Gasteiger partial charge in [0, 0.05) is 11.4 Å². The minimum absolute atomic E-state index is 0.169. The molecule has 0 aliphatic rings. The Balaban J connectivity index is 2.57. The van der Waals surface area contributed by atoms with Crippen molar-refractivity contribution in [3.63, 3.8) is 0 Å². The van der Waals surface area contributed by atoms with E-state index >= 15 is 0 Å². The highest BCUT2D eigenvalue weighted by molar-refractivity contribution is 8.31. The predicted molar refractivity (Wildman–Crippen MR) is 56.5 cm³/mol. The van der Waals surface area contributed by atoms with Crippen molar-refractivity contribution >= 4 is 34.5 Å². The third-order valence-electron chi connectivity index (χ3n) is 1.31. The van der Waals surface area contributed by atoms with E-state index in [1.54, 1.807) is 0 Å². The molecule has 12 heavy (non-hydrogen) atoms. The molecule has 64 valence electrons. The summed E-state index contributed by atoms with van der Waals surface area (Å²) < 4.78 is -0.169. The summed E-state index contributed by atoms with van der Waals surface area (Å²) in [5, 5.41) is 0. The first-order valence-electron chi connectivity index (χ1n) is 3.38. The maximum Gasteiger partial charge on any atom is 0.243 e. The van der Waals surface area contributed by atoms with Gasteiger partial charge in [-0.05, 0) is 17.7 Å². The molecule has 0 spiro atoms. The molecule has 0 amide bonds. The molecule has 4 heteroatoms. The Morgan fingerprint density at radius 3 is 2.92 bits per heavy atom. The van der Waals surface area contributed by atoms with Crippen LogP contribution in [0.5, 0.6) is 0 Å². The lowest BCUT2D eigenvalue weighted by atomic mass is 10.2. The van der Waals surface area contributed by atoms with Gasteiger partial charge in [-0.2, -0.15) is 0 Å². The zero-order valence-electron chi connectivity index (χ0n) is 6.36. The van der Waals surface area contributed by atoms with Crippen LogP contribution in [0.1, 0.15) is 5.56 Å². The van der Waals surface area contributed by atoms with Gasteiger partial charge in [-0.3, -0.25) is 4.79 Å². The molecule has 0 saturated carbocycles. The van der Waals surface area contributed by atoms with E-state index in [1.807, 2.05) is 24.3 Å². The summed E-state index contributed by atoms with van der Waals surface area (Å²) in [4.78, 5) is 10.5. The van der Waals surface area contributed by atoms with Crippen LogP contribution in [-0.2, 0) is 5.75 Å². The largest absolute Gasteiger partial charge is 0.399 e. The van der Waals surface area contributed by atoms with Gasteiger partial charge in [-0.15, -0.1) is 0 Å². The van der Waals surface area contributed by atoms with Crippen molar-refractivity contribution in [2.75, 3.05) is 5.73 Å². The topological polar surface area (TPSA) is 43.1 Å². The lowest BCUT2D eigenvalue weighted by Crippen LogP contribution is -1.87. The first-order valence-corrected chi connectivity index (χ1v) is 4.82. The lowest BCUT2D eigenvalue weighted by Gasteiger charge is -1.98. The van der Waals surface area contributed by atoms with Crippen molar-refractivity contribution < 1.29 is 4.79 Å².